The molecule has 3 heterocycles. The van der Waals surface area contributed by atoms with Crippen LogP contribution in [0.3, 0.4) is 0 Å². The van der Waals surface area contributed by atoms with Gasteiger partial charge in [0.25, 0.3) is 0 Å². The number of hydrogen-bond donors (Lipinski definition) is 0. The van der Waals surface area contributed by atoms with Gasteiger partial charge in [-0.1, -0.05) is 138 Å². The summed E-state index contributed by atoms with van der Waals surface area (Å²) >= 11 is 0. The van der Waals surface area contributed by atoms with E-state index in [0.717, 1.165) is 90.3 Å². The molecule has 0 saturated carbocycles. The molecular weight excluding hydrogens is 941 g/mol. The molecule has 0 aliphatic heterocycles. The zero-order chi connectivity index (χ0) is 51.2. The van der Waals surface area contributed by atoms with E-state index < -0.39 is 23.5 Å². The third kappa shape index (κ3) is 8.14. The quantitative estimate of drug-likeness (QED) is 0.150. The van der Waals surface area contributed by atoms with Crippen LogP contribution in [0.5, 0.6) is 0 Å². The van der Waals surface area contributed by atoms with E-state index in [1.54, 1.807) is 30.3 Å². The van der Waals surface area contributed by atoms with Gasteiger partial charge in [0.2, 0.25) is 0 Å². The van der Waals surface area contributed by atoms with Crippen molar-refractivity contribution in [2.45, 2.75) is 40.0 Å². The van der Waals surface area contributed by atoms with E-state index in [1.165, 1.54) is 12.1 Å². The lowest BCUT2D eigenvalue weighted by Gasteiger charge is -2.19. The largest absolute Gasteiger partial charge is 0.416 e. The molecule has 362 valence electrons. The van der Waals surface area contributed by atoms with Gasteiger partial charge in [-0.05, 0) is 123 Å². The van der Waals surface area contributed by atoms with Gasteiger partial charge < -0.3 is 9.13 Å². The van der Waals surface area contributed by atoms with Gasteiger partial charge in [-0.25, -0.2) is 15.0 Å². The molecule has 0 bridgehead atoms. The fraction of sp³-hybridized carbons (Fsp3) is 0.0952. The van der Waals surface area contributed by atoms with Crippen molar-refractivity contribution in [1.29, 1.82) is 0 Å². The maximum absolute atomic E-state index is 15.0. The number of aryl methyl sites for hydroxylation is 4. The molecule has 3 aromatic heterocycles. The second-order valence-corrected chi connectivity index (χ2v) is 19.1. The van der Waals surface area contributed by atoms with Gasteiger partial charge in [0.05, 0.1) is 44.6 Å². The molecule has 0 aliphatic carbocycles. The highest BCUT2D eigenvalue weighted by Gasteiger charge is 2.34. The molecule has 0 aliphatic rings. The number of para-hydroxylation sites is 2. The van der Waals surface area contributed by atoms with Crippen LogP contribution < -0.4 is 0 Å². The van der Waals surface area contributed by atoms with E-state index in [0.29, 0.717) is 39.0 Å². The average Bonchev–Trinajstić information content (AvgIpc) is 3.91. The van der Waals surface area contributed by atoms with Gasteiger partial charge in [0, 0.05) is 38.2 Å². The van der Waals surface area contributed by atoms with Crippen molar-refractivity contribution in [3.8, 4) is 67.8 Å². The molecule has 0 N–H and O–H groups in total. The third-order valence-corrected chi connectivity index (χ3v) is 13.7. The summed E-state index contributed by atoms with van der Waals surface area (Å²) < 4.78 is 93.9. The first-order valence-electron chi connectivity index (χ1n) is 24.0. The van der Waals surface area contributed by atoms with Crippen molar-refractivity contribution in [1.82, 2.24) is 24.1 Å². The van der Waals surface area contributed by atoms with Crippen LogP contribution in [0.15, 0.2) is 188 Å². The minimum absolute atomic E-state index is 0.00833. The molecule has 0 amide bonds. The molecule has 0 spiro atoms. The average molecular weight is 984 g/mol. The van der Waals surface area contributed by atoms with Gasteiger partial charge in [0.15, 0.2) is 17.5 Å². The molecule has 12 aromatic rings. The van der Waals surface area contributed by atoms with Gasteiger partial charge >= 0.3 is 12.4 Å². The SMILES string of the molecule is Cc1cc(C)cc(-c2ccc3c(c2)c2ccccc2n3-c2ccc(C(F)(F)F)cc2-c2nc(-c3ccccc3)nc(-c3cc(C(F)(F)F)ccc3-n3c4ccccc4c4cc(-c5cc(C)cc(C)c5)ccc43)n2)c1. The summed E-state index contributed by atoms with van der Waals surface area (Å²) in [7, 11) is 0. The second kappa shape index (κ2) is 17.4. The Morgan fingerprint density at radius 3 is 1.11 bits per heavy atom. The normalized spacial score (nSPS) is 12.2. The van der Waals surface area contributed by atoms with Crippen molar-refractivity contribution in [2.24, 2.45) is 0 Å². The first-order valence-corrected chi connectivity index (χ1v) is 24.0. The Morgan fingerprint density at radius 1 is 0.311 bits per heavy atom. The highest BCUT2D eigenvalue weighted by Crippen LogP contribution is 2.44. The molecule has 11 heteroatoms. The fourth-order valence-electron chi connectivity index (χ4n) is 10.6. The Morgan fingerprint density at radius 2 is 0.689 bits per heavy atom. The zero-order valence-electron chi connectivity index (χ0n) is 40.4. The molecule has 74 heavy (non-hydrogen) atoms. The maximum Gasteiger partial charge on any atom is 0.416 e. The number of fused-ring (bicyclic) bond motifs is 6. The molecule has 0 radical (unpaired) electrons. The molecule has 0 saturated heterocycles. The minimum Gasteiger partial charge on any atom is -0.309 e. The van der Waals surface area contributed by atoms with E-state index in [9.17, 15) is 0 Å². The zero-order valence-corrected chi connectivity index (χ0v) is 40.4. The number of aromatic nitrogens is 5. The number of nitrogens with zero attached hydrogens (tertiary/aromatic N) is 5. The van der Waals surface area contributed by atoms with Gasteiger partial charge in [-0.15, -0.1) is 0 Å². The first-order chi connectivity index (χ1) is 35.6. The molecule has 0 unspecified atom stereocenters. The van der Waals surface area contributed by atoms with Crippen LogP contribution in [0.2, 0.25) is 0 Å². The Kier molecular flexibility index (Phi) is 10.9. The van der Waals surface area contributed by atoms with Crippen LogP contribution in [0.1, 0.15) is 33.4 Å². The van der Waals surface area contributed by atoms with Crippen molar-refractivity contribution < 1.29 is 26.3 Å². The number of hydrogen-bond acceptors (Lipinski definition) is 3. The standard InChI is InChI=1S/C63H43F6N5/c1-36-26-37(2)29-43(28-36)41-18-22-55-49(32-41)47-14-8-10-16-53(47)73(55)57-24-20-45(62(64,65)66)34-51(57)60-70-59(40-12-6-5-7-13-40)71-61(72-60)52-35-46(63(67,68)69)21-25-58(52)74-54-17-11-9-15-48(54)50-33-42(19-23-56(50)74)44-30-38(3)27-39(4)31-44/h5-35H,1-4H3. The van der Waals surface area contributed by atoms with Crippen molar-refractivity contribution in [3.63, 3.8) is 0 Å². The monoisotopic (exact) mass is 983 g/mol. The number of benzene rings is 9. The molecular formula is C63H43F6N5. The Bertz CT molecular complexity index is 3930. The number of halogens is 6. The maximum atomic E-state index is 15.0. The van der Waals surface area contributed by atoms with Crippen LogP contribution in [-0.2, 0) is 12.4 Å². The van der Waals surface area contributed by atoms with Crippen molar-refractivity contribution in [2.75, 3.05) is 0 Å². The lowest BCUT2D eigenvalue weighted by atomic mass is 9.99. The summed E-state index contributed by atoms with van der Waals surface area (Å²) in [6.07, 6.45) is -9.56. The van der Waals surface area contributed by atoms with Gasteiger partial charge in [0.1, 0.15) is 0 Å². The summed E-state index contributed by atoms with van der Waals surface area (Å²) in [5.74, 6) is -0.286. The molecule has 9 aromatic carbocycles. The summed E-state index contributed by atoms with van der Waals surface area (Å²) in [4.78, 5) is 14.8. The Hall–Kier alpha value is -8.83. The fourth-order valence-corrected chi connectivity index (χ4v) is 10.6. The summed E-state index contributed by atoms with van der Waals surface area (Å²) in [5, 5.41) is 3.46. The lowest BCUT2D eigenvalue weighted by molar-refractivity contribution is -0.138. The Balaban J connectivity index is 1.13. The predicted molar refractivity (Wildman–Crippen MR) is 285 cm³/mol. The lowest BCUT2D eigenvalue weighted by Crippen LogP contribution is -2.10. The molecule has 12 rings (SSSR count). The van der Waals surface area contributed by atoms with E-state index >= 15 is 26.3 Å². The van der Waals surface area contributed by atoms with Crippen molar-refractivity contribution in [3.05, 3.63) is 221 Å². The number of rotatable bonds is 7. The van der Waals surface area contributed by atoms with Crippen LogP contribution in [0.25, 0.3) is 111 Å². The third-order valence-electron chi connectivity index (χ3n) is 13.7. The van der Waals surface area contributed by atoms with Crippen LogP contribution in [0, 0.1) is 27.7 Å². The van der Waals surface area contributed by atoms with E-state index in [1.807, 2.05) is 110 Å². The summed E-state index contributed by atoms with van der Waals surface area (Å²) in [6.45, 7) is 8.18. The number of alkyl halides is 6. The van der Waals surface area contributed by atoms with Crippen LogP contribution in [-0.4, -0.2) is 24.1 Å². The molecule has 0 fully saturated rings. The minimum atomic E-state index is -4.78. The smallest absolute Gasteiger partial charge is 0.309 e. The van der Waals surface area contributed by atoms with E-state index in [4.69, 9.17) is 15.0 Å². The van der Waals surface area contributed by atoms with E-state index in [2.05, 4.69) is 48.5 Å². The van der Waals surface area contributed by atoms with Crippen LogP contribution in [0.4, 0.5) is 26.3 Å². The van der Waals surface area contributed by atoms with Gasteiger partial charge in [-0.2, -0.15) is 26.3 Å². The van der Waals surface area contributed by atoms with Crippen molar-refractivity contribution >= 4 is 43.6 Å². The Labute approximate surface area is 421 Å². The topological polar surface area (TPSA) is 48.5 Å². The summed E-state index contributed by atoms with van der Waals surface area (Å²) in [5.41, 5.74) is 10.5. The predicted octanol–water partition coefficient (Wildman–Crippen LogP) is 17.7. The molecule has 0 atom stereocenters. The summed E-state index contributed by atoms with van der Waals surface area (Å²) in [6, 6.07) is 55.8. The second-order valence-electron chi connectivity index (χ2n) is 19.1. The van der Waals surface area contributed by atoms with Crippen LogP contribution >= 0.6 is 0 Å². The first kappa shape index (κ1) is 46.3. The highest BCUT2D eigenvalue weighted by molar-refractivity contribution is 6.12. The highest BCUT2D eigenvalue weighted by atomic mass is 19.4. The van der Waals surface area contributed by atoms with E-state index in [-0.39, 0.29) is 28.6 Å². The molecule has 5 nitrogen and oxygen atoms in total. The van der Waals surface area contributed by atoms with Gasteiger partial charge in [-0.3, -0.25) is 0 Å².